The highest BCUT2D eigenvalue weighted by Gasteiger charge is 1.98. The Labute approximate surface area is 76.9 Å². The first kappa shape index (κ1) is 9.51. The van der Waals surface area contributed by atoms with E-state index in [1.54, 1.807) is 6.20 Å². The van der Waals surface area contributed by atoms with Crippen LogP contribution in [0, 0.1) is 6.92 Å². The van der Waals surface area contributed by atoms with Crippen LogP contribution in [0.5, 0.6) is 0 Å². The maximum Gasteiger partial charge on any atom is 0.407 e. The summed E-state index contributed by atoms with van der Waals surface area (Å²) in [5.41, 5.74) is 1.91. The molecule has 0 aliphatic heterocycles. The van der Waals surface area contributed by atoms with Crippen LogP contribution >= 0.6 is 0 Å². The molecule has 0 saturated heterocycles. The lowest BCUT2D eigenvalue weighted by Gasteiger charge is -2.02. The van der Waals surface area contributed by atoms with Gasteiger partial charge in [-0.05, 0) is 18.6 Å². The van der Waals surface area contributed by atoms with Crippen molar-refractivity contribution < 1.29 is 9.53 Å². The van der Waals surface area contributed by atoms with Gasteiger partial charge in [-0.15, -0.1) is 0 Å². The fraction of sp³-hybridized carbons (Fsp3) is 0.333. The van der Waals surface area contributed by atoms with Crippen LogP contribution in [0.3, 0.4) is 0 Å². The maximum atomic E-state index is 10.7. The van der Waals surface area contributed by atoms with Gasteiger partial charge < -0.3 is 10.1 Å². The van der Waals surface area contributed by atoms with Crippen molar-refractivity contribution in [3.8, 4) is 0 Å². The number of hydrogen-bond acceptors (Lipinski definition) is 3. The molecule has 1 aromatic heterocycles. The van der Waals surface area contributed by atoms with Gasteiger partial charge in [0, 0.05) is 18.4 Å². The molecule has 1 rings (SSSR count). The Morgan fingerprint density at radius 2 is 2.38 bits per heavy atom. The van der Waals surface area contributed by atoms with E-state index in [1.807, 2.05) is 19.1 Å². The Morgan fingerprint density at radius 3 is 2.92 bits per heavy atom. The fourth-order valence-electron chi connectivity index (χ4n) is 0.849. The zero-order valence-corrected chi connectivity index (χ0v) is 7.70. The number of hydrogen-bond donors (Lipinski definition) is 1. The van der Waals surface area contributed by atoms with Gasteiger partial charge in [0.2, 0.25) is 0 Å². The second kappa shape index (κ2) is 4.45. The smallest absolute Gasteiger partial charge is 0.407 e. The second-order valence-corrected chi connectivity index (χ2v) is 2.65. The second-order valence-electron chi connectivity index (χ2n) is 2.65. The fourth-order valence-corrected chi connectivity index (χ4v) is 0.849. The van der Waals surface area contributed by atoms with Crippen LogP contribution in [0.15, 0.2) is 18.3 Å². The number of amides is 1. The molecule has 1 amide bonds. The lowest BCUT2D eigenvalue weighted by molar-refractivity contribution is 0.170. The molecule has 0 fully saturated rings. The summed E-state index contributed by atoms with van der Waals surface area (Å²) in [4.78, 5) is 14.8. The van der Waals surface area contributed by atoms with Gasteiger partial charge in [0.05, 0.1) is 7.11 Å². The number of nitrogens with one attached hydrogen (secondary N) is 1. The van der Waals surface area contributed by atoms with Crippen molar-refractivity contribution in [3.63, 3.8) is 0 Å². The summed E-state index contributed by atoms with van der Waals surface area (Å²) in [6.07, 6.45) is 1.30. The lowest BCUT2D eigenvalue weighted by Crippen LogP contribution is -2.22. The van der Waals surface area contributed by atoms with E-state index in [-0.39, 0.29) is 0 Å². The topological polar surface area (TPSA) is 51.2 Å². The number of ether oxygens (including phenoxy) is 1. The average Bonchev–Trinajstić information content (AvgIpc) is 2.16. The summed E-state index contributed by atoms with van der Waals surface area (Å²) in [7, 11) is 1.34. The van der Waals surface area contributed by atoms with E-state index in [9.17, 15) is 4.79 Å². The van der Waals surface area contributed by atoms with Crippen LogP contribution in [0.2, 0.25) is 0 Å². The van der Waals surface area contributed by atoms with E-state index in [0.717, 1.165) is 11.3 Å². The van der Waals surface area contributed by atoms with Crippen LogP contribution in [0.25, 0.3) is 0 Å². The summed E-state index contributed by atoms with van der Waals surface area (Å²) < 4.78 is 4.43. The Morgan fingerprint density at radius 1 is 1.62 bits per heavy atom. The largest absolute Gasteiger partial charge is 0.453 e. The molecule has 13 heavy (non-hydrogen) atoms. The highest BCUT2D eigenvalue weighted by molar-refractivity contribution is 5.66. The molecule has 1 heterocycles. The molecule has 0 spiro atoms. The van der Waals surface area contributed by atoms with E-state index in [2.05, 4.69) is 15.0 Å². The number of nitrogens with zero attached hydrogens (tertiary/aromatic N) is 1. The van der Waals surface area contributed by atoms with Crippen LogP contribution < -0.4 is 5.32 Å². The van der Waals surface area contributed by atoms with Crippen molar-refractivity contribution in [1.29, 1.82) is 0 Å². The Kier molecular flexibility index (Phi) is 3.25. The zero-order chi connectivity index (χ0) is 9.68. The molecule has 0 saturated carbocycles. The molecule has 0 aliphatic carbocycles. The highest BCUT2D eigenvalue weighted by atomic mass is 16.5. The molecule has 0 bridgehead atoms. The van der Waals surface area contributed by atoms with Gasteiger partial charge in [-0.1, -0.05) is 6.07 Å². The van der Waals surface area contributed by atoms with E-state index in [0.29, 0.717) is 6.54 Å². The molecule has 4 heteroatoms. The Balaban J connectivity index is 2.46. The number of pyridine rings is 1. The van der Waals surface area contributed by atoms with E-state index in [4.69, 9.17) is 0 Å². The van der Waals surface area contributed by atoms with Crippen LogP contribution in [0.1, 0.15) is 11.3 Å². The minimum atomic E-state index is -0.430. The highest BCUT2D eigenvalue weighted by Crippen LogP contribution is 1.98. The van der Waals surface area contributed by atoms with Gasteiger partial charge in [-0.3, -0.25) is 4.98 Å². The van der Waals surface area contributed by atoms with Crippen molar-refractivity contribution in [2.45, 2.75) is 13.5 Å². The number of rotatable bonds is 2. The molecule has 0 aromatic carbocycles. The average molecular weight is 180 g/mol. The molecule has 0 aliphatic rings. The predicted octanol–water partition coefficient (Wildman–Crippen LogP) is 1.25. The Hall–Kier alpha value is -1.58. The summed E-state index contributed by atoms with van der Waals surface area (Å²) in [5.74, 6) is 0. The third-order valence-corrected chi connectivity index (χ3v) is 1.59. The normalized spacial score (nSPS) is 9.38. The molecule has 0 atom stereocenters. The number of aryl methyl sites for hydroxylation is 1. The predicted molar refractivity (Wildman–Crippen MR) is 48.2 cm³/mol. The monoisotopic (exact) mass is 180 g/mol. The molecule has 1 aromatic rings. The number of aromatic nitrogens is 1. The van der Waals surface area contributed by atoms with Crippen LogP contribution in [-0.4, -0.2) is 18.2 Å². The van der Waals surface area contributed by atoms with Gasteiger partial charge in [0.15, 0.2) is 0 Å². The molecule has 1 N–H and O–H groups in total. The number of carbonyl (C=O) groups excluding carboxylic acids is 1. The molecule has 70 valence electrons. The first-order valence-corrected chi connectivity index (χ1v) is 3.95. The molecular weight excluding hydrogens is 168 g/mol. The quantitative estimate of drug-likeness (QED) is 0.745. The minimum Gasteiger partial charge on any atom is -0.453 e. The van der Waals surface area contributed by atoms with Crippen LogP contribution in [-0.2, 0) is 11.3 Å². The van der Waals surface area contributed by atoms with Crippen molar-refractivity contribution in [3.05, 3.63) is 29.6 Å². The number of alkyl carbamates (subject to hydrolysis) is 1. The van der Waals surface area contributed by atoms with Gasteiger partial charge in [0.1, 0.15) is 0 Å². The number of methoxy groups -OCH3 is 1. The maximum absolute atomic E-state index is 10.7. The van der Waals surface area contributed by atoms with E-state index >= 15 is 0 Å². The van der Waals surface area contributed by atoms with E-state index < -0.39 is 6.09 Å². The van der Waals surface area contributed by atoms with Gasteiger partial charge in [0.25, 0.3) is 0 Å². The molecule has 4 nitrogen and oxygen atoms in total. The standard InChI is InChI=1S/C9H12N2O2/c1-7-3-4-8(5-10-7)6-11-9(12)13-2/h3-5H,6H2,1-2H3,(H,11,12). The Bertz CT molecular complexity index is 282. The summed E-state index contributed by atoms with van der Waals surface area (Å²) in [5, 5.41) is 2.57. The third kappa shape index (κ3) is 3.11. The van der Waals surface area contributed by atoms with Crippen molar-refractivity contribution in [2.75, 3.05) is 7.11 Å². The summed E-state index contributed by atoms with van der Waals surface area (Å²) in [6, 6.07) is 3.81. The van der Waals surface area contributed by atoms with E-state index in [1.165, 1.54) is 7.11 Å². The van der Waals surface area contributed by atoms with Crippen molar-refractivity contribution >= 4 is 6.09 Å². The molecular formula is C9H12N2O2. The molecule has 0 radical (unpaired) electrons. The van der Waals surface area contributed by atoms with Crippen molar-refractivity contribution in [2.24, 2.45) is 0 Å². The van der Waals surface area contributed by atoms with Gasteiger partial charge in [-0.2, -0.15) is 0 Å². The molecule has 0 unspecified atom stereocenters. The zero-order valence-electron chi connectivity index (χ0n) is 7.70. The first-order valence-electron chi connectivity index (χ1n) is 3.95. The lowest BCUT2D eigenvalue weighted by atomic mass is 10.2. The third-order valence-electron chi connectivity index (χ3n) is 1.59. The van der Waals surface area contributed by atoms with Gasteiger partial charge >= 0.3 is 6.09 Å². The van der Waals surface area contributed by atoms with Crippen molar-refractivity contribution in [1.82, 2.24) is 10.3 Å². The van der Waals surface area contributed by atoms with Gasteiger partial charge in [-0.25, -0.2) is 4.79 Å². The SMILES string of the molecule is COC(=O)NCc1ccc(C)nc1. The summed E-state index contributed by atoms with van der Waals surface area (Å²) in [6.45, 7) is 2.36. The summed E-state index contributed by atoms with van der Waals surface area (Å²) >= 11 is 0. The minimum absolute atomic E-state index is 0.430. The number of carbonyl (C=O) groups is 1. The van der Waals surface area contributed by atoms with Crippen LogP contribution in [0.4, 0.5) is 4.79 Å². The first-order chi connectivity index (χ1) is 6.22.